The first kappa shape index (κ1) is 13.7. The molecule has 1 atom stereocenters. The van der Waals surface area contributed by atoms with E-state index in [4.69, 9.17) is 0 Å². The Bertz CT molecular complexity index is 573. The van der Waals surface area contributed by atoms with Crippen molar-refractivity contribution in [1.29, 1.82) is 0 Å². The van der Waals surface area contributed by atoms with Crippen LogP contribution in [-0.2, 0) is 0 Å². The lowest BCUT2D eigenvalue weighted by Crippen LogP contribution is -2.14. The third-order valence-electron chi connectivity index (χ3n) is 4.08. The van der Waals surface area contributed by atoms with E-state index >= 15 is 0 Å². The molecule has 1 fully saturated rings. The van der Waals surface area contributed by atoms with Crippen LogP contribution in [0.2, 0.25) is 0 Å². The van der Waals surface area contributed by atoms with Gasteiger partial charge in [0.2, 0.25) is 5.95 Å². The molecule has 0 amide bonds. The number of anilines is 1. The summed E-state index contributed by atoms with van der Waals surface area (Å²) < 4.78 is 3.42. The van der Waals surface area contributed by atoms with Gasteiger partial charge in [0, 0.05) is 22.9 Å². The van der Waals surface area contributed by atoms with Gasteiger partial charge in [-0.15, -0.1) is 0 Å². The molecule has 1 N–H and O–H groups in total. The summed E-state index contributed by atoms with van der Waals surface area (Å²) in [6.45, 7) is 2.18. The Hall–Kier alpha value is -1.29. The van der Waals surface area contributed by atoms with Crippen molar-refractivity contribution in [2.45, 2.75) is 44.7 Å². The van der Waals surface area contributed by atoms with Crippen molar-refractivity contribution >= 4 is 21.9 Å². The first-order valence-corrected chi connectivity index (χ1v) is 8.08. The minimum absolute atomic E-state index is 0.245. The molecule has 1 saturated carbocycles. The van der Waals surface area contributed by atoms with Gasteiger partial charge in [0.15, 0.2) is 0 Å². The second-order valence-corrected chi connectivity index (χ2v) is 6.43. The summed E-state index contributed by atoms with van der Waals surface area (Å²) >= 11 is 3.53. The topological polar surface area (TPSA) is 29.9 Å². The number of aromatic nitrogens is 2. The lowest BCUT2D eigenvalue weighted by Gasteiger charge is -2.19. The van der Waals surface area contributed by atoms with Gasteiger partial charge in [-0.3, -0.25) is 0 Å². The minimum Gasteiger partial charge on any atom is -0.349 e. The van der Waals surface area contributed by atoms with Crippen LogP contribution in [0.5, 0.6) is 0 Å². The van der Waals surface area contributed by atoms with Crippen molar-refractivity contribution < 1.29 is 0 Å². The third kappa shape index (κ3) is 2.90. The summed E-state index contributed by atoms with van der Waals surface area (Å²) in [6.07, 6.45) is 9.22. The third-order valence-corrected chi connectivity index (χ3v) is 4.57. The van der Waals surface area contributed by atoms with Gasteiger partial charge < -0.3 is 9.88 Å². The average Bonchev–Trinajstić information content (AvgIpc) is 3.08. The van der Waals surface area contributed by atoms with E-state index in [2.05, 4.69) is 68.2 Å². The van der Waals surface area contributed by atoms with Crippen LogP contribution in [-0.4, -0.2) is 9.55 Å². The number of rotatable bonds is 4. The highest BCUT2D eigenvalue weighted by Crippen LogP contribution is 2.32. The Morgan fingerprint density at radius 1 is 1.35 bits per heavy atom. The lowest BCUT2D eigenvalue weighted by molar-refractivity contribution is 0.521. The van der Waals surface area contributed by atoms with Crippen LogP contribution in [0.4, 0.5) is 5.95 Å². The van der Waals surface area contributed by atoms with Gasteiger partial charge in [-0.1, -0.05) is 40.9 Å². The molecular weight excluding hydrogens is 314 g/mol. The number of benzene rings is 1. The fourth-order valence-electron chi connectivity index (χ4n) is 2.95. The van der Waals surface area contributed by atoms with Crippen LogP contribution in [0.25, 0.3) is 0 Å². The molecule has 0 spiro atoms. The van der Waals surface area contributed by atoms with Gasteiger partial charge in [0.1, 0.15) is 0 Å². The lowest BCUT2D eigenvalue weighted by atomic mass is 10.1. The van der Waals surface area contributed by atoms with Gasteiger partial charge in [-0.25, -0.2) is 4.98 Å². The smallest absolute Gasteiger partial charge is 0.203 e. The quantitative estimate of drug-likeness (QED) is 0.859. The van der Waals surface area contributed by atoms with Gasteiger partial charge in [-0.2, -0.15) is 0 Å². The summed E-state index contributed by atoms with van der Waals surface area (Å²) in [5, 5.41) is 3.54. The zero-order valence-corrected chi connectivity index (χ0v) is 13.3. The predicted molar refractivity (Wildman–Crippen MR) is 85.9 cm³/mol. The van der Waals surface area contributed by atoms with Crippen LogP contribution in [0.1, 0.15) is 50.3 Å². The first-order chi connectivity index (χ1) is 9.74. The van der Waals surface area contributed by atoms with Crippen molar-refractivity contribution in [1.82, 2.24) is 9.55 Å². The van der Waals surface area contributed by atoms with E-state index in [1.54, 1.807) is 0 Å². The molecule has 0 saturated heterocycles. The molecule has 0 bridgehead atoms. The molecule has 0 radical (unpaired) electrons. The van der Waals surface area contributed by atoms with Crippen LogP contribution < -0.4 is 5.32 Å². The average molecular weight is 334 g/mol. The van der Waals surface area contributed by atoms with Crippen molar-refractivity contribution in [3.05, 3.63) is 46.7 Å². The van der Waals surface area contributed by atoms with Crippen LogP contribution in [0.15, 0.2) is 41.1 Å². The summed E-state index contributed by atoms with van der Waals surface area (Å²) in [4.78, 5) is 4.49. The van der Waals surface area contributed by atoms with Crippen LogP contribution in [0.3, 0.4) is 0 Å². The number of hydrogen-bond acceptors (Lipinski definition) is 2. The van der Waals surface area contributed by atoms with Gasteiger partial charge >= 0.3 is 0 Å². The SMILES string of the molecule is CC(Nc1nccn1C1CCCC1)c1cccc(Br)c1. The zero-order chi connectivity index (χ0) is 13.9. The molecule has 3 rings (SSSR count). The highest BCUT2D eigenvalue weighted by atomic mass is 79.9. The van der Waals surface area contributed by atoms with Gasteiger partial charge in [-0.05, 0) is 37.5 Å². The van der Waals surface area contributed by atoms with Gasteiger partial charge in [0.25, 0.3) is 0 Å². The van der Waals surface area contributed by atoms with E-state index in [9.17, 15) is 0 Å². The Morgan fingerprint density at radius 3 is 2.90 bits per heavy atom. The molecule has 3 nitrogen and oxygen atoms in total. The molecule has 1 heterocycles. The van der Waals surface area contributed by atoms with E-state index in [1.807, 2.05) is 6.20 Å². The van der Waals surface area contributed by atoms with Crippen molar-refractivity contribution in [3.63, 3.8) is 0 Å². The summed E-state index contributed by atoms with van der Waals surface area (Å²) in [5.41, 5.74) is 1.26. The maximum Gasteiger partial charge on any atom is 0.203 e. The normalized spacial score (nSPS) is 17.3. The van der Waals surface area contributed by atoms with E-state index in [0.717, 1.165) is 10.4 Å². The van der Waals surface area contributed by atoms with Crippen molar-refractivity contribution in [2.24, 2.45) is 0 Å². The molecule has 2 aromatic rings. The molecule has 1 aromatic carbocycles. The maximum atomic E-state index is 4.49. The first-order valence-electron chi connectivity index (χ1n) is 7.29. The molecule has 1 unspecified atom stereocenters. The second-order valence-electron chi connectivity index (χ2n) is 5.52. The van der Waals surface area contributed by atoms with E-state index in [1.165, 1.54) is 31.2 Å². The maximum absolute atomic E-state index is 4.49. The standard InChI is InChI=1S/C16H20BrN3/c1-12(13-5-4-6-14(17)11-13)19-16-18-9-10-20(16)15-7-2-3-8-15/h4-6,9-12,15H,2-3,7-8H2,1H3,(H,18,19). The molecular formula is C16H20BrN3. The van der Waals surface area contributed by atoms with Gasteiger partial charge in [0.05, 0.1) is 6.04 Å². The number of nitrogens with zero attached hydrogens (tertiary/aromatic N) is 2. The summed E-state index contributed by atoms with van der Waals surface area (Å²) in [5.74, 6) is 0.990. The predicted octanol–water partition coefficient (Wildman–Crippen LogP) is 4.93. The monoisotopic (exact) mass is 333 g/mol. The van der Waals surface area contributed by atoms with Crippen molar-refractivity contribution in [3.8, 4) is 0 Å². The summed E-state index contributed by atoms with van der Waals surface area (Å²) in [6, 6.07) is 9.28. The molecule has 4 heteroatoms. The fourth-order valence-corrected chi connectivity index (χ4v) is 3.37. The highest BCUT2D eigenvalue weighted by Gasteiger charge is 2.20. The fraction of sp³-hybridized carbons (Fsp3) is 0.438. The van der Waals surface area contributed by atoms with E-state index < -0.39 is 0 Å². The second kappa shape index (κ2) is 6.00. The highest BCUT2D eigenvalue weighted by molar-refractivity contribution is 9.10. The Labute approximate surface area is 128 Å². The summed E-state index contributed by atoms with van der Waals surface area (Å²) in [7, 11) is 0. The number of imidazole rings is 1. The molecule has 1 aliphatic rings. The van der Waals surface area contributed by atoms with Crippen molar-refractivity contribution in [2.75, 3.05) is 5.32 Å². The Kier molecular flexibility index (Phi) is 4.10. The Balaban J connectivity index is 1.76. The number of hydrogen-bond donors (Lipinski definition) is 1. The van der Waals surface area contributed by atoms with E-state index in [0.29, 0.717) is 6.04 Å². The number of nitrogens with one attached hydrogen (secondary N) is 1. The molecule has 106 valence electrons. The number of halogens is 1. The Morgan fingerprint density at radius 2 is 2.15 bits per heavy atom. The molecule has 20 heavy (non-hydrogen) atoms. The molecule has 0 aliphatic heterocycles. The molecule has 1 aromatic heterocycles. The molecule has 1 aliphatic carbocycles. The van der Waals surface area contributed by atoms with Crippen LogP contribution >= 0.6 is 15.9 Å². The zero-order valence-electron chi connectivity index (χ0n) is 11.7. The van der Waals surface area contributed by atoms with Crippen LogP contribution in [0, 0.1) is 0 Å². The largest absolute Gasteiger partial charge is 0.349 e. The minimum atomic E-state index is 0.245. The van der Waals surface area contributed by atoms with E-state index in [-0.39, 0.29) is 6.04 Å².